The molecule has 0 aliphatic carbocycles. The maximum Gasteiger partial charge on any atom is 0.501 e. The van der Waals surface area contributed by atoms with Gasteiger partial charge in [0.15, 0.2) is 0 Å². The number of benzene rings is 2. The number of alkyl halides is 3. The van der Waals surface area contributed by atoms with Crippen LogP contribution in [0.2, 0.25) is 0 Å². The van der Waals surface area contributed by atoms with Crippen molar-refractivity contribution in [3.8, 4) is 0 Å². The normalized spacial score (nSPS) is 16.8. The van der Waals surface area contributed by atoms with Crippen LogP contribution in [0.4, 0.5) is 24.7 Å². The summed E-state index contributed by atoms with van der Waals surface area (Å²) in [7, 11) is -10.5. The maximum absolute atomic E-state index is 13.9. The number of rotatable bonds is 12. The van der Waals surface area contributed by atoms with Gasteiger partial charge in [-0.05, 0) is 36.8 Å². The fraction of sp³-hybridized carbons (Fsp3) is 0.407. The van der Waals surface area contributed by atoms with Gasteiger partial charge < -0.3 is 15.4 Å². The number of halogens is 3. The van der Waals surface area contributed by atoms with Crippen LogP contribution < -0.4 is 15.4 Å². The van der Waals surface area contributed by atoms with Crippen molar-refractivity contribution in [3.63, 3.8) is 0 Å². The number of sulfonamides is 1. The summed E-state index contributed by atoms with van der Waals surface area (Å²) in [5.74, 6) is 0.373. The van der Waals surface area contributed by atoms with Crippen molar-refractivity contribution in [2.75, 3.05) is 48.6 Å². The number of fused-ring (bicyclic) bond motifs is 1. The third-order valence-corrected chi connectivity index (χ3v) is 11.2. The van der Waals surface area contributed by atoms with E-state index >= 15 is 0 Å². The molecule has 3 heterocycles. The molecule has 11 nitrogen and oxygen atoms in total. The first-order chi connectivity index (χ1) is 20.9. The zero-order valence-electron chi connectivity index (χ0n) is 23.4. The quantitative estimate of drug-likeness (QED) is 0.244. The Bertz CT molecular complexity index is 1670. The minimum absolute atomic E-state index is 0.0384. The molecule has 2 aromatic carbocycles. The van der Waals surface area contributed by atoms with Crippen molar-refractivity contribution in [2.45, 2.75) is 45.7 Å². The lowest BCUT2D eigenvalue weighted by Gasteiger charge is -2.29. The van der Waals surface area contributed by atoms with Gasteiger partial charge in [0.1, 0.15) is 17.0 Å². The van der Waals surface area contributed by atoms with Gasteiger partial charge in [-0.25, -0.2) is 26.8 Å². The van der Waals surface area contributed by atoms with Gasteiger partial charge in [0.05, 0.1) is 29.5 Å². The molecule has 1 fully saturated rings. The third-order valence-electron chi connectivity index (χ3n) is 7.17. The van der Waals surface area contributed by atoms with Gasteiger partial charge in [0.25, 0.3) is 19.9 Å². The predicted octanol–water partition coefficient (Wildman–Crippen LogP) is 3.47. The molecule has 0 bridgehead atoms. The SMILES string of the molecule is O=S(=O)(Nc1ncnc2c1CNC2)c1ccc(NC(CCN2CCOCC2)CSc2ccccc2)c(S(=O)(=O)C(F)(F)F)c1. The van der Waals surface area contributed by atoms with Crippen LogP contribution in [-0.4, -0.2) is 81.9 Å². The van der Waals surface area contributed by atoms with E-state index in [-0.39, 0.29) is 18.1 Å². The molecule has 2 aliphatic rings. The summed E-state index contributed by atoms with van der Waals surface area (Å²) >= 11 is 1.47. The summed E-state index contributed by atoms with van der Waals surface area (Å²) in [6, 6.07) is 11.6. The molecule has 44 heavy (non-hydrogen) atoms. The molecule has 17 heteroatoms. The van der Waals surface area contributed by atoms with E-state index in [1.54, 1.807) is 0 Å². The number of morpholine rings is 1. The zero-order valence-corrected chi connectivity index (χ0v) is 25.8. The highest BCUT2D eigenvalue weighted by atomic mass is 32.2. The summed E-state index contributed by atoms with van der Waals surface area (Å²) in [5.41, 5.74) is -4.93. The van der Waals surface area contributed by atoms with Crippen molar-refractivity contribution in [1.29, 1.82) is 0 Å². The predicted molar refractivity (Wildman–Crippen MR) is 160 cm³/mol. The van der Waals surface area contributed by atoms with E-state index in [4.69, 9.17) is 4.74 Å². The van der Waals surface area contributed by atoms with E-state index in [0.29, 0.717) is 68.9 Å². The second kappa shape index (κ2) is 13.6. The Labute approximate surface area is 258 Å². The van der Waals surface area contributed by atoms with Crippen molar-refractivity contribution in [2.24, 2.45) is 0 Å². The lowest BCUT2D eigenvalue weighted by molar-refractivity contribution is -0.0435. The average molecular weight is 673 g/mol. The second-order valence-corrected chi connectivity index (χ2v) is 14.9. The van der Waals surface area contributed by atoms with Crippen LogP contribution in [0.1, 0.15) is 17.7 Å². The van der Waals surface area contributed by atoms with Crippen LogP contribution in [0.25, 0.3) is 0 Å². The van der Waals surface area contributed by atoms with Crippen LogP contribution >= 0.6 is 11.8 Å². The summed E-state index contributed by atoms with van der Waals surface area (Å²) in [4.78, 5) is 9.32. The second-order valence-electron chi connectivity index (χ2n) is 10.2. The minimum Gasteiger partial charge on any atom is -0.380 e. The Hall–Kier alpha value is -2.96. The monoisotopic (exact) mass is 672 g/mol. The average Bonchev–Trinajstić information content (AvgIpc) is 3.49. The van der Waals surface area contributed by atoms with Crippen molar-refractivity contribution < 1.29 is 34.7 Å². The molecule has 1 atom stereocenters. The standard InChI is InChI=1S/C27H31F3N6O5S3/c28-27(29,30)43(37,38)25-14-21(44(39,40)35-26-22-15-31-16-24(22)32-18-33-26)6-7-23(25)34-19(8-9-36-10-12-41-13-11-36)17-42-20-4-2-1-3-5-20/h1-7,14,18-19,31,34H,8-13,15-17H2,(H,32,33,35). The first-order valence-corrected chi connectivity index (χ1v) is 17.7. The van der Waals surface area contributed by atoms with Gasteiger partial charge in [-0.3, -0.25) is 9.62 Å². The molecule has 0 saturated carbocycles. The summed E-state index contributed by atoms with van der Waals surface area (Å²) in [6.07, 6.45) is 1.65. The summed E-state index contributed by atoms with van der Waals surface area (Å²) in [5, 5.41) is 6.01. The number of thioether (sulfide) groups is 1. The number of hydrogen-bond acceptors (Lipinski definition) is 11. The van der Waals surface area contributed by atoms with Gasteiger partial charge in [-0.2, -0.15) is 13.2 Å². The van der Waals surface area contributed by atoms with Crippen molar-refractivity contribution in [3.05, 3.63) is 66.1 Å². The lowest BCUT2D eigenvalue weighted by Crippen LogP contribution is -2.39. The Morgan fingerprint density at radius 2 is 1.77 bits per heavy atom. The van der Waals surface area contributed by atoms with Gasteiger partial charge >= 0.3 is 5.51 Å². The Morgan fingerprint density at radius 3 is 2.50 bits per heavy atom. The number of aromatic nitrogens is 2. The fourth-order valence-corrected chi connectivity index (χ4v) is 7.88. The van der Waals surface area contributed by atoms with Crippen LogP contribution in [0.15, 0.2) is 69.5 Å². The largest absolute Gasteiger partial charge is 0.501 e. The molecule has 1 aromatic heterocycles. The highest BCUT2D eigenvalue weighted by molar-refractivity contribution is 7.99. The third kappa shape index (κ3) is 7.63. The van der Waals surface area contributed by atoms with Crippen molar-refractivity contribution >= 4 is 43.1 Å². The van der Waals surface area contributed by atoms with Gasteiger partial charge in [0.2, 0.25) is 0 Å². The van der Waals surface area contributed by atoms with Gasteiger partial charge in [-0.1, -0.05) is 18.2 Å². The van der Waals surface area contributed by atoms with E-state index in [9.17, 15) is 30.0 Å². The molecule has 3 N–H and O–H groups in total. The molecule has 0 radical (unpaired) electrons. The molecular weight excluding hydrogens is 642 g/mol. The number of sulfone groups is 1. The molecule has 2 aliphatic heterocycles. The number of hydrogen-bond donors (Lipinski definition) is 3. The molecule has 0 spiro atoms. The van der Waals surface area contributed by atoms with E-state index in [1.807, 2.05) is 30.3 Å². The molecule has 0 amide bonds. The fourth-order valence-electron chi connectivity index (χ4n) is 4.80. The van der Waals surface area contributed by atoms with Crippen LogP contribution in [0.3, 0.4) is 0 Å². The Morgan fingerprint density at radius 1 is 1.02 bits per heavy atom. The highest BCUT2D eigenvalue weighted by Gasteiger charge is 2.48. The molecule has 1 saturated heterocycles. The molecular formula is C27H31F3N6O5S3. The number of nitrogens with one attached hydrogen (secondary N) is 3. The first kappa shape index (κ1) is 32.4. The summed E-state index contributed by atoms with van der Waals surface area (Å²) in [6.45, 7) is 3.85. The highest BCUT2D eigenvalue weighted by Crippen LogP contribution is 2.37. The molecule has 238 valence electrons. The van der Waals surface area contributed by atoms with Gasteiger partial charge in [-0.15, -0.1) is 11.8 Å². The molecule has 1 unspecified atom stereocenters. The minimum atomic E-state index is -5.94. The van der Waals surface area contributed by atoms with E-state index < -0.39 is 41.2 Å². The van der Waals surface area contributed by atoms with Crippen LogP contribution in [-0.2, 0) is 37.7 Å². The maximum atomic E-state index is 13.9. The van der Waals surface area contributed by atoms with Gasteiger partial charge in [0, 0.05) is 55.0 Å². The first-order valence-electron chi connectivity index (χ1n) is 13.7. The topological polar surface area (TPSA) is 143 Å². The lowest BCUT2D eigenvalue weighted by atomic mass is 10.2. The van der Waals surface area contributed by atoms with Crippen LogP contribution in [0.5, 0.6) is 0 Å². The number of anilines is 2. The zero-order chi connectivity index (χ0) is 31.4. The number of nitrogens with zero attached hydrogens (tertiary/aromatic N) is 3. The van der Waals surface area contributed by atoms with E-state index in [1.165, 1.54) is 18.1 Å². The van der Waals surface area contributed by atoms with Crippen LogP contribution in [0, 0.1) is 0 Å². The molecule has 5 rings (SSSR count). The molecule has 3 aromatic rings. The van der Waals surface area contributed by atoms with Crippen molar-refractivity contribution in [1.82, 2.24) is 20.2 Å². The van der Waals surface area contributed by atoms with E-state index in [2.05, 4.69) is 30.2 Å². The number of ether oxygens (including phenoxy) is 1. The smallest absolute Gasteiger partial charge is 0.380 e. The summed E-state index contributed by atoms with van der Waals surface area (Å²) < 4.78 is 102. The van der Waals surface area contributed by atoms with E-state index in [0.717, 1.165) is 17.0 Å². The Kier molecular flexibility index (Phi) is 10.0. The Balaban J connectivity index is 1.45.